The van der Waals surface area contributed by atoms with Gasteiger partial charge in [0.15, 0.2) is 5.78 Å². The van der Waals surface area contributed by atoms with Crippen LogP contribution in [0.1, 0.15) is 40.0 Å². The molecule has 5 heterocycles. The zero-order valence-corrected chi connectivity index (χ0v) is 18.7. The summed E-state index contributed by atoms with van der Waals surface area (Å²) in [5, 5.41) is 6.71. The van der Waals surface area contributed by atoms with Gasteiger partial charge in [-0.1, -0.05) is 6.07 Å². The number of anilines is 1. The summed E-state index contributed by atoms with van der Waals surface area (Å²) in [5.74, 6) is -0.267. The number of hydrogen-bond acceptors (Lipinski definition) is 6. The second kappa shape index (κ2) is 8.28. The van der Waals surface area contributed by atoms with Gasteiger partial charge in [-0.25, -0.2) is 9.37 Å². The van der Waals surface area contributed by atoms with Crippen LogP contribution in [-0.4, -0.2) is 45.3 Å². The van der Waals surface area contributed by atoms with Crippen molar-refractivity contribution >= 4 is 28.4 Å². The first-order valence-corrected chi connectivity index (χ1v) is 11.5. The number of nitrogens with zero attached hydrogens (tertiary/aromatic N) is 2. The van der Waals surface area contributed by atoms with E-state index in [1.807, 2.05) is 18.3 Å². The molecule has 1 fully saturated rings. The topological polar surface area (TPSA) is 109 Å². The number of rotatable bonds is 3. The highest BCUT2D eigenvalue weighted by Crippen LogP contribution is 2.41. The number of halogens is 1. The molecule has 176 valence electrons. The zero-order valence-electron chi connectivity index (χ0n) is 18.7. The second-order valence-corrected chi connectivity index (χ2v) is 9.01. The number of pyridine rings is 2. The van der Waals surface area contributed by atoms with E-state index in [4.69, 9.17) is 4.74 Å². The summed E-state index contributed by atoms with van der Waals surface area (Å²) in [6.45, 7) is 1.65. The molecule has 3 N–H and O–H groups in total. The Balaban J connectivity index is 1.34. The number of H-pyrrole nitrogens is 1. The van der Waals surface area contributed by atoms with Gasteiger partial charge >= 0.3 is 0 Å². The lowest BCUT2D eigenvalue weighted by molar-refractivity contribution is 0.0188. The standard InChI is InChI=1S/C26H22FN5O3/c27-17-9-18(13-29-12-17)32-25(34)16-7-20-21(14-31-24(20)30-11-16)15-1-2-19-22(33)10-26(35-23(19)8-15)3-5-28-6-4-26/h1-2,7-9,11-14,28H,3-6,10H2,(H,30,31)(H,32,34). The molecule has 8 nitrogen and oxygen atoms in total. The number of ether oxygens (including phenoxy) is 1. The SMILES string of the molecule is O=C(Nc1cncc(F)c1)c1cnc2[nH]cc(-c3ccc4c(c3)OC3(CCNCC3)CC4=O)c2c1. The minimum Gasteiger partial charge on any atom is -0.486 e. The minimum absolute atomic E-state index is 0.103. The van der Waals surface area contributed by atoms with Gasteiger partial charge in [0.1, 0.15) is 22.8 Å². The molecular weight excluding hydrogens is 449 g/mol. The number of aromatic nitrogens is 3. The fourth-order valence-electron chi connectivity index (χ4n) is 4.87. The monoisotopic (exact) mass is 471 g/mol. The molecule has 2 aliphatic heterocycles. The van der Waals surface area contributed by atoms with Crippen molar-refractivity contribution in [2.75, 3.05) is 18.4 Å². The van der Waals surface area contributed by atoms with Crippen molar-refractivity contribution in [3.63, 3.8) is 0 Å². The van der Waals surface area contributed by atoms with E-state index in [0.29, 0.717) is 28.9 Å². The quantitative estimate of drug-likeness (QED) is 0.415. The van der Waals surface area contributed by atoms with Crippen LogP contribution >= 0.6 is 0 Å². The molecule has 0 unspecified atom stereocenters. The van der Waals surface area contributed by atoms with Crippen LogP contribution in [0.5, 0.6) is 5.75 Å². The summed E-state index contributed by atoms with van der Waals surface area (Å²) in [4.78, 5) is 36.9. The normalized spacial score (nSPS) is 16.7. The van der Waals surface area contributed by atoms with Crippen LogP contribution in [0.25, 0.3) is 22.2 Å². The van der Waals surface area contributed by atoms with Gasteiger partial charge in [0, 0.05) is 42.3 Å². The van der Waals surface area contributed by atoms with E-state index in [-0.39, 0.29) is 11.5 Å². The van der Waals surface area contributed by atoms with Gasteiger partial charge in [-0.05, 0) is 36.9 Å². The Hall–Kier alpha value is -4.11. The Morgan fingerprint density at radius 3 is 2.77 bits per heavy atom. The molecule has 35 heavy (non-hydrogen) atoms. The molecule has 0 bridgehead atoms. The highest BCUT2D eigenvalue weighted by molar-refractivity contribution is 6.07. The number of Topliss-reactive ketones (excluding diaryl/α,β-unsaturated/α-hetero) is 1. The fourth-order valence-corrected chi connectivity index (χ4v) is 4.87. The van der Waals surface area contributed by atoms with Gasteiger partial charge in [0.25, 0.3) is 5.91 Å². The lowest BCUT2D eigenvalue weighted by Crippen LogP contribution is -2.49. The highest BCUT2D eigenvalue weighted by Gasteiger charge is 2.41. The van der Waals surface area contributed by atoms with Crippen LogP contribution in [0.3, 0.4) is 0 Å². The van der Waals surface area contributed by atoms with E-state index in [1.165, 1.54) is 18.5 Å². The van der Waals surface area contributed by atoms with Crippen LogP contribution in [0.4, 0.5) is 10.1 Å². The van der Waals surface area contributed by atoms with Crippen LogP contribution in [0.15, 0.2) is 55.1 Å². The summed E-state index contributed by atoms with van der Waals surface area (Å²) in [6.07, 6.45) is 7.70. The van der Waals surface area contributed by atoms with Crippen molar-refractivity contribution in [3.8, 4) is 16.9 Å². The Kier molecular flexibility index (Phi) is 5.07. The number of amides is 1. The molecular formula is C26H22FN5O3. The molecule has 3 aromatic heterocycles. The summed E-state index contributed by atoms with van der Waals surface area (Å²) in [5.41, 5.74) is 3.02. The van der Waals surface area contributed by atoms with Gasteiger partial charge in [0.2, 0.25) is 0 Å². The maximum atomic E-state index is 13.4. The van der Waals surface area contributed by atoms with Crippen molar-refractivity contribution in [3.05, 3.63) is 72.1 Å². The Morgan fingerprint density at radius 1 is 1.09 bits per heavy atom. The maximum Gasteiger partial charge on any atom is 0.257 e. The fraction of sp³-hybridized carbons (Fsp3) is 0.231. The molecule has 0 aliphatic carbocycles. The van der Waals surface area contributed by atoms with Crippen molar-refractivity contribution in [2.45, 2.75) is 24.9 Å². The molecule has 2 aliphatic rings. The van der Waals surface area contributed by atoms with Gasteiger partial charge in [-0.3, -0.25) is 14.6 Å². The highest BCUT2D eigenvalue weighted by atomic mass is 19.1. The molecule has 1 aromatic carbocycles. The number of fused-ring (bicyclic) bond motifs is 2. The lowest BCUT2D eigenvalue weighted by atomic mass is 9.82. The number of piperidine rings is 1. The average molecular weight is 471 g/mol. The van der Waals surface area contributed by atoms with Crippen molar-refractivity contribution in [1.29, 1.82) is 0 Å². The van der Waals surface area contributed by atoms with Gasteiger partial charge in [-0.2, -0.15) is 0 Å². The van der Waals surface area contributed by atoms with Crippen LogP contribution < -0.4 is 15.4 Å². The van der Waals surface area contributed by atoms with Gasteiger partial charge in [-0.15, -0.1) is 0 Å². The predicted octanol–water partition coefficient (Wildman–Crippen LogP) is 4.10. The van der Waals surface area contributed by atoms with Crippen LogP contribution in [0, 0.1) is 5.82 Å². The average Bonchev–Trinajstić information content (AvgIpc) is 3.27. The number of nitrogens with one attached hydrogen (secondary N) is 3. The van der Waals surface area contributed by atoms with Crippen molar-refractivity contribution in [1.82, 2.24) is 20.3 Å². The van der Waals surface area contributed by atoms with E-state index < -0.39 is 17.3 Å². The Labute approximate surface area is 199 Å². The van der Waals surface area contributed by atoms with Crippen LogP contribution in [-0.2, 0) is 0 Å². The molecule has 1 spiro atoms. The minimum atomic E-state index is -0.538. The lowest BCUT2D eigenvalue weighted by Gasteiger charge is -2.41. The number of benzene rings is 1. The maximum absolute atomic E-state index is 13.4. The smallest absolute Gasteiger partial charge is 0.257 e. The Morgan fingerprint density at radius 2 is 1.94 bits per heavy atom. The second-order valence-electron chi connectivity index (χ2n) is 9.01. The van der Waals surface area contributed by atoms with Gasteiger partial charge in [0.05, 0.1) is 35.6 Å². The Bertz CT molecular complexity index is 1480. The first-order chi connectivity index (χ1) is 17.0. The van der Waals surface area contributed by atoms with E-state index in [1.54, 1.807) is 12.1 Å². The molecule has 9 heteroatoms. The molecule has 0 saturated carbocycles. The predicted molar refractivity (Wildman–Crippen MR) is 128 cm³/mol. The third-order valence-electron chi connectivity index (χ3n) is 6.67. The van der Waals surface area contributed by atoms with Gasteiger partial charge < -0.3 is 20.4 Å². The third kappa shape index (κ3) is 3.93. The molecule has 1 amide bonds. The van der Waals surface area contributed by atoms with Crippen molar-refractivity contribution in [2.24, 2.45) is 0 Å². The van der Waals surface area contributed by atoms with Crippen LogP contribution in [0.2, 0.25) is 0 Å². The number of aromatic amines is 1. The number of hydrogen-bond donors (Lipinski definition) is 3. The summed E-state index contributed by atoms with van der Waals surface area (Å²) in [7, 11) is 0. The molecule has 0 atom stereocenters. The summed E-state index contributed by atoms with van der Waals surface area (Å²) < 4.78 is 19.9. The van der Waals surface area contributed by atoms with Crippen molar-refractivity contribution < 1.29 is 18.7 Å². The molecule has 6 rings (SSSR count). The summed E-state index contributed by atoms with van der Waals surface area (Å²) in [6, 6.07) is 8.51. The summed E-state index contributed by atoms with van der Waals surface area (Å²) >= 11 is 0. The number of carbonyl (C=O) groups is 2. The molecule has 0 radical (unpaired) electrons. The number of carbonyl (C=O) groups excluding carboxylic acids is 2. The molecule has 4 aromatic rings. The third-order valence-corrected chi connectivity index (χ3v) is 6.67. The van der Waals surface area contributed by atoms with E-state index in [0.717, 1.165) is 48.6 Å². The largest absolute Gasteiger partial charge is 0.486 e. The van der Waals surface area contributed by atoms with E-state index >= 15 is 0 Å². The molecule has 1 saturated heterocycles. The first kappa shape index (κ1) is 21.4. The van der Waals surface area contributed by atoms with E-state index in [2.05, 4.69) is 25.6 Å². The first-order valence-electron chi connectivity index (χ1n) is 11.5. The van der Waals surface area contributed by atoms with E-state index in [9.17, 15) is 14.0 Å². The number of ketones is 1. The zero-order chi connectivity index (χ0) is 24.0.